The molecule has 1 saturated heterocycles. The molecule has 0 unspecified atom stereocenters. The first-order valence-electron chi connectivity index (χ1n) is 9.31. The van der Waals surface area contributed by atoms with Crippen molar-refractivity contribution >= 4 is 39.2 Å². The molecule has 2 heterocycles. The summed E-state index contributed by atoms with van der Waals surface area (Å²) in [6.45, 7) is 6.79. The van der Waals surface area contributed by atoms with Crippen LogP contribution in [-0.4, -0.2) is 45.6 Å². The Kier molecular flexibility index (Phi) is 4.82. The molecule has 3 nitrogen and oxygen atoms in total. The maximum Gasteiger partial charge on any atom is 0.133 e. The Morgan fingerprint density at radius 1 is 1.44 bits per heavy atom. The highest BCUT2D eigenvalue weighted by molar-refractivity contribution is 8.22. The van der Waals surface area contributed by atoms with Crippen molar-refractivity contribution in [3.8, 4) is 0 Å². The quantitative estimate of drug-likeness (QED) is 0.789. The highest BCUT2D eigenvalue weighted by Crippen LogP contribution is 2.44. The number of benzene rings is 1. The average Bonchev–Trinajstić information content (AvgIpc) is 2.93. The maximum absolute atomic E-state index is 5.44. The van der Waals surface area contributed by atoms with Crippen molar-refractivity contribution in [2.45, 2.75) is 51.1 Å². The molecule has 1 aromatic carbocycles. The van der Waals surface area contributed by atoms with E-state index in [1.807, 2.05) is 0 Å². The van der Waals surface area contributed by atoms with Crippen LogP contribution in [0, 0.1) is 6.92 Å². The van der Waals surface area contributed by atoms with Gasteiger partial charge in [-0.3, -0.25) is 4.90 Å². The van der Waals surface area contributed by atoms with Gasteiger partial charge in [-0.15, -0.1) is 11.8 Å². The molecule has 0 spiro atoms. The number of hydrogen-bond donors (Lipinski definition) is 2. The van der Waals surface area contributed by atoms with Gasteiger partial charge in [0.2, 0.25) is 0 Å². The number of fused-ring (bicyclic) bond motifs is 2. The fraction of sp³-hybridized carbons (Fsp3) is 0.550. The zero-order valence-electron chi connectivity index (χ0n) is 15.3. The summed E-state index contributed by atoms with van der Waals surface area (Å²) in [7, 11) is 0. The number of H-pyrrole nitrogens is 1. The lowest BCUT2D eigenvalue weighted by atomic mass is 9.73. The molecule has 2 N–H and O–H groups in total. The van der Waals surface area contributed by atoms with Crippen molar-refractivity contribution in [3.05, 3.63) is 35.0 Å². The van der Waals surface area contributed by atoms with Gasteiger partial charge in [0.05, 0.1) is 0 Å². The highest BCUT2D eigenvalue weighted by atomic mass is 32.2. The Bertz CT molecular complexity index is 798. The normalized spacial score (nSPS) is 25.8. The van der Waals surface area contributed by atoms with Gasteiger partial charge in [0.25, 0.3) is 0 Å². The van der Waals surface area contributed by atoms with E-state index in [1.54, 1.807) is 17.3 Å². The van der Waals surface area contributed by atoms with Crippen molar-refractivity contribution < 1.29 is 0 Å². The predicted molar refractivity (Wildman–Crippen MR) is 113 cm³/mol. The van der Waals surface area contributed by atoms with E-state index in [9.17, 15) is 0 Å². The van der Waals surface area contributed by atoms with E-state index >= 15 is 0 Å². The molecule has 5 heteroatoms. The Morgan fingerprint density at radius 2 is 2.28 bits per heavy atom. The summed E-state index contributed by atoms with van der Waals surface area (Å²) in [5.74, 6) is 0.592. The maximum atomic E-state index is 5.44. The van der Waals surface area contributed by atoms with Crippen LogP contribution in [0.3, 0.4) is 0 Å². The number of nitrogens with zero attached hydrogens (tertiary/aromatic N) is 1. The molecule has 25 heavy (non-hydrogen) atoms. The molecule has 0 saturated carbocycles. The molecule has 3 atom stereocenters. The number of aromatic nitrogens is 1. The van der Waals surface area contributed by atoms with Crippen LogP contribution in [0.4, 0.5) is 0 Å². The van der Waals surface area contributed by atoms with Crippen LogP contribution in [-0.2, 0) is 6.42 Å². The Hall–Kier alpha value is -1.04. The van der Waals surface area contributed by atoms with Crippen molar-refractivity contribution in [1.29, 1.82) is 0 Å². The fourth-order valence-electron chi connectivity index (χ4n) is 4.94. The molecule has 0 amide bonds. The Morgan fingerprint density at radius 3 is 3.04 bits per heavy atom. The second kappa shape index (κ2) is 6.93. The smallest absolute Gasteiger partial charge is 0.133 e. The average molecular weight is 374 g/mol. The summed E-state index contributed by atoms with van der Waals surface area (Å²) < 4.78 is 0.923. The zero-order valence-corrected chi connectivity index (χ0v) is 16.9. The molecule has 1 aliphatic carbocycles. The molecular formula is C20H27N3S2. The van der Waals surface area contributed by atoms with E-state index < -0.39 is 0 Å². The number of hydrogen-bond acceptors (Lipinski definition) is 3. The molecule has 1 aromatic heterocycles. The molecule has 4 rings (SSSR count). The van der Waals surface area contributed by atoms with Crippen LogP contribution in [0.1, 0.15) is 42.5 Å². The Labute approximate surface area is 159 Å². The molecule has 2 aromatic rings. The number of thiocarbonyl (C=S) groups is 1. The minimum Gasteiger partial charge on any atom is -0.367 e. The van der Waals surface area contributed by atoms with Gasteiger partial charge in [-0.05, 0) is 56.2 Å². The van der Waals surface area contributed by atoms with Gasteiger partial charge in [0.15, 0.2) is 0 Å². The fourth-order valence-corrected chi connectivity index (χ4v) is 5.39. The lowest BCUT2D eigenvalue weighted by Crippen LogP contribution is -2.56. The summed E-state index contributed by atoms with van der Waals surface area (Å²) in [6, 6.07) is 7.86. The SMILES string of the molecule is CCCN1C[C@@H](NC(=S)SC)C[C@@H]2c3cccc4[nH]c(C)c(c34)C[C@H]21. The van der Waals surface area contributed by atoms with Gasteiger partial charge in [-0.1, -0.05) is 31.3 Å². The monoisotopic (exact) mass is 373 g/mol. The summed E-state index contributed by atoms with van der Waals surface area (Å²) in [4.78, 5) is 6.32. The van der Waals surface area contributed by atoms with E-state index in [-0.39, 0.29) is 0 Å². The van der Waals surface area contributed by atoms with Gasteiger partial charge in [0, 0.05) is 41.1 Å². The third kappa shape index (κ3) is 3.00. The van der Waals surface area contributed by atoms with Crippen LogP contribution in [0.25, 0.3) is 10.9 Å². The van der Waals surface area contributed by atoms with Gasteiger partial charge in [-0.25, -0.2) is 0 Å². The lowest BCUT2D eigenvalue weighted by Gasteiger charge is -2.47. The highest BCUT2D eigenvalue weighted by Gasteiger charge is 2.41. The number of nitrogens with one attached hydrogen (secondary N) is 2. The molecule has 1 fully saturated rings. The standard InChI is InChI=1S/C20H27N3S2/c1-4-8-23-11-13(22-20(24)25-3)9-16-14-6-5-7-17-19(14)15(10-18(16)23)12(2)21-17/h5-7,13,16,18,21H,4,8-11H2,1-3H3,(H,22,24)/t13-,16+,18+/m0/s1. The van der Waals surface area contributed by atoms with Crippen molar-refractivity contribution in [1.82, 2.24) is 15.2 Å². The van der Waals surface area contributed by atoms with Crippen LogP contribution in [0.15, 0.2) is 18.2 Å². The number of aryl methyl sites for hydroxylation is 1. The third-order valence-electron chi connectivity index (χ3n) is 5.93. The predicted octanol–water partition coefficient (Wildman–Crippen LogP) is 4.21. The number of aromatic amines is 1. The summed E-state index contributed by atoms with van der Waals surface area (Å²) in [5, 5.41) is 5.09. The molecule has 2 aliphatic rings. The Balaban J connectivity index is 1.74. The number of rotatable bonds is 3. The molecule has 1 aliphatic heterocycles. The van der Waals surface area contributed by atoms with Crippen molar-refractivity contribution in [3.63, 3.8) is 0 Å². The summed E-state index contributed by atoms with van der Waals surface area (Å²) in [5.41, 5.74) is 5.73. The third-order valence-corrected chi connectivity index (χ3v) is 7.04. The largest absolute Gasteiger partial charge is 0.367 e. The first-order chi connectivity index (χ1) is 12.1. The van der Waals surface area contributed by atoms with Crippen LogP contribution >= 0.6 is 24.0 Å². The second-order valence-electron chi connectivity index (χ2n) is 7.44. The number of thioether (sulfide) groups is 1. The van der Waals surface area contributed by atoms with E-state index in [2.05, 4.69) is 53.5 Å². The zero-order chi connectivity index (χ0) is 17.6. The van der Waals surface area contributed by atoms with Crippen molar-refractivity contribution in [2.24, 2.45) is 0 Å². The van der Waals surface area contributed by atoms with Crippen LogP contribution in [0.2, 0.25) is 0 Å². The molecule has 0 radical (unpaired) electrons. The first kappa shape index (κ1) is 17.4. The lowest BCUT2D eigenvalue weighted by molar-refractivity contribution is 0.105. The van der Waals surface area contributed by atoms with Crippen LogP contribution < -0.4 is 5.32 Å². The van der Waals surface area contributed by atoms with Gasteiger partial charge in [0.1, 0.15) is 4.32 Å². The van der Waals surface area contributed by atoms with Crippen LogP contribution in [0.5, 0.6) is 0 Å². The summed E-state index contributed by atoms with van der Waals surface area (Å²) >= 11 is 7.09. The molecule has 0 bridgehead atoms. The number of likely N-dealkylation sites (tertiary alicyclic amines) is 1. The minimum absolute atomic E-state index is 0.449. The van der Waals surface area contributed by atoms with Crippen molar-refractivity contribution in [2.75, 3.05) is 19.3 Å². The van der Waals surface area contributed by atoms with E-state index in [1.165, 1.54) is 48.0 Å². The molecular weight excluding hydrogens is 346 g/mol. The van der Waals surface area contributed by atoms with Gasteiger partial charge >= 0.3 is 0 Å². The molecule has 134 valence electrons. The van der Waals surface area contributed by atoms with E-state index in [0.717, 1.165) is 10.9 Å². The topological polar surface area (TPSA) is 31.1 Å². The van der Waals surface area contributed by atoms with E-state index in [0.29, 0.717) is 18.0 Å². The second-order valence-corrected chi connectivity index (χ2v) is 8.92. The minimum atomic E-state index is 0.449. The summed E-state index contributed by atoms with van der Waals surface area (Å²) in [6.07, 6.45) is 5.61. The van der Waals surface area contributed by atoms with E-state index in [4.69, 9.17) is 12.2 Å². The van der Waals surface area contributed by atoms with Gasteiger partial charge in [-0.2, -0.15) is 0 Å². The first-order valence-corrected chi connectivity index (χ1v) is 10.9. The van der Waals surface area contributed by atoms with Gasteiger partial charge < -0.3 is 10.3 Å². The number of piperidine rings is 1.